The average molecular weight is 216 g/mol. The van der Waals surface area contributed by atoms with E-state index in [9.17, 15) is 14.9 Å². The lowest BCUT2D eigenvalue weighted by Gasteiger charge is -1.99. The van der Waals surface area contributed by atoms with Crippen LogP contribution in [0.15, 0.2) is 18.2 Å². The molecular formula is C10H4N2O4. The molecule has 0 saturated carbocycles. The fourth-order valence-corrected chi connectivity index (χ4v) is 1.09. The van der Waals surface area contributed by atoms with Crippen LogP contribution in [0, 0.1) is 33.3 Å². The van der Waals surface area contributed by atoms with Gasteiger partial charge in [-0.15, -0.1) is 0 Å². The molecule has 0 atom stereocenters. The third-order valence-corrected chi connectivity index (χ3v) is 1.71. The lowest BCUT2D eigenvalue weighted by Crippen LogP contribution is -2.03. The molecule has 1 aromatic rings. The van der Waals surface area contributed by atoms with Crippen LogP contribution in [0.4, 0.5) is 5.69 Å². The van der Waals surface area contributed by atoms with Gasteiger partial charge >= 0.3 is 5.97 Å². The number of nitriles is 1. The Bertz CT molecular complexity index is 528. The van der Waals surface area contributed by atoms with Crippen LogP contribution in [-0.2, 0) is 0 Å². The van der Waals surface area contributed by atoms with Crippen molar-refractivity contribution < 1.29 is 14.8 Å². The highest BCUT2D eigenvalue weighted by atomic mass is 16.6. The van der Waals surface area contributed by atoms with Crippen molar-refractivity contribution in [3.8, 4) is 17.9 Å². The van der Waals surface area contributed by atoms with Gasteiger partial charge in [0.25, 0.3) is 5.69 Å². The number of nitrogens with zero attached hydrogens (tertiary/aromatic N) is 2. The van der Waals surface area contributed by atoms with Crippen molar-refractivity contribution in [2.45, 2.75) is 0 Å². The quantitative estimate of drug-likeness (QED) is 0.453. The van der Waals surface area contributed by atoms with Crippen LogP contribution in [0.1, 0.15) is 15.9 Å². The number of carboxylic acids is 1. The maximum absolute atomic E-state index is 10.8. The van der Waals surface area contributed by atoms with E-state index in [0.717, 1.165) is 6.07 Å². The second-order valence-corrected chi connectivity index (χ2v) is 2.62. The molecule has 1 aromatic carbocycles. The van der Waals surface area contributed by atoms with Crippen molar-refractivity contribution in [1.82, 2.24) is 0 Å². The number of carboxylic acid groups (broad SMARTS) is 1. The summed E-state index contributed by atoms with van der Waals surface area (Å²) < 4.78 is 0. The van der Waals surface area contributed by atoms with Gasteiger partial charge in [-0.05, 0) is 12.0 Å². The summed E-state index contributed by atoms with van der Waals surface area (Å²) in [5, 5.41) is 27.7. The number of rotatable bonds is 2. The highest BCUT2D eigenvalue weighted by Crippen LogP contribution is 2.21. The summed E-state index contributed by atoms with van der Waals surface area (Å²) in [6, 6.07) is 5.04. The minimum Gasteiger partial charge on any atom is -0.478 e. The van der Waals surface area contributed by atoms with E-state index in [4.69, 9.17) is 10.4 Å². The molecule has 0 aliphatic rings. The largest absolute Gasteiger partial charge is 0.478 e. The first-order chi connectivity index (χ1) is 7.57. The Morgan fingerprint density at radius 2 is 2.19 bits per heavy atom. The number of carbonyl (C=O) groups is 1. The molecule has 0 heterocycles. The van der Waals surface area contributed by atoms with Gasteiger partial charge in [0.2, 0.25) is 0 Å². The molecule has 0 aliphatic carbocycles. The number of hydrogen-bond acceptors (Lipinski definition) is 4. The second-order valence-electron chi connectivity index (χ2n) is 2.62. The molecule has 6 nitrogen and oxygen atoms in total. The highest BCUT2D eigenvalue weighted by molar-refractivity contribution is 5.92. The highest BCUT2D eigenvalue weighted by Gasteiger charge is 2.19. The number of benzene rings is 1. The molecule has 1 rings (SSSR count). The van der Waals surface area contributed by atoms with E-state index in [0.29, 0.717) is 0 Å². The van der Waals surface area contributed by atoms with E-state index in [1.54, 1.807) is 0 Å². The molecule has 0 spiro atoms. The van der Waals surface area contributed by atoms with Crippen LogP contribution in [0.3, 0.4) is 0 Å². The van der Waals surface area contributed by atoms with Crippen LogP contribution in [0.5, 0.6) is 0 Å². The van der Waals surface area contributed by atoms with E-state index in [-0.39, 0.29) is 11.1 Å². The van der Waals surface area contributed by atoms with E-state index in [2.05, 4.69) is 5.92 Å². The lowest BCUT2D eigenvalue weighted by molar-refractivity contribution is -0.385. The Morgan fingerprint density at radius 1 is 1.50 bits per heavy atom. The van der Waals surface area contributed by atoms with Gasteiger partial charge < -0.3 is 5.11 Å². The van der Waals surface area contributed by atoms with Crippen LogP contribution in [0.25, 0.3) is 0 Å². The van der Waals surface area contributed by atoms with E-state index in [1.807, 2.05) is 5.92 Å². The molecule has 0 aromatic heterocycles. The summed E-state index contributed by atoms with van der Waals surface area (Å²) in [4.78, 5) is 20.7. The summed E-state index contributed by atoms with van der Waals surface area (Å²) in [5.74, 6) is 2.78. The standard InChI is InChI=1S/C10H4N2O4/c11-6-2-4-7-8(10(13)14)3-1-5-9(7)12(15)16/h1,3,5H,(H,13,14). The topological polar surface area (TPSA) is 104 Å². The first-order valence-electron chi connectivity index (χ1n) is 3.98. The molecule has 0 amide bonds. The molecule has 16 heavy (non-hydrogen) atoms. The van der Waals surface area contributed by atoms with Crippen molar-refractivity contribution >= 4 is 11.7 Å². The summed E-state index contributed by atoms with van der Waals surface area (Å²) >= 11 is 0. The summed E-state index contributed by atoms with van der Waals surface area (Å²) in [7, 11) is 0. The minimum absolute atomic E-state index is 0.262. The van der Waals surface area contributed by atoms with Crippen LogP contribution in [0.2, 0.25) is 0 Å². The van der Waals surface area contributed by atoms with Gasteiger partial charge in [0.15, 0.2) is 6.07 Å². The van der Waals surface area contributed by atoms with Gasteiger partial charge in [-0.25, -0.2) is 4.79 Å². The molecule has 0 saturated heterocycles. The Morgan fingerprint density at radius 3 is 2.69 bits per heavy atom. The van der Waals surface area contributed by atoms with Gasteiger partial charge in [0.05, 0.1) is 10.5 Å². The summed E-state index contributed by atoms with van der Waals surface area (Å²) in [6.07, 6.45) is 0. The maximum Gasteiger partial charge on any atom is 0.337 e. The summed E-state index contributed by atoms with van der Waals surface area (Å²) in [6.45, 7) is 0. The van der Waals surface area contributed by atoms with Gasteiger partial charge in [-0.3, -0.25) is 10.1 Å². The molecule has 78 valence electrons. The van der Waals surface area contributed by atoms with Crippen molar-refractivity contribution in [1.29, 1.82) is 5.26 Å². The zero-order valence-corrected chi connectivity index (χ0v) is 7.80. The van der Waals surface area contributed by atoms with Crippen LogP contribution < -0.4 is 0 Å². The molecular weight excluding hydrogens is 212 g/mol. The van der Waals surface area contributed by atoms with Crippen LogP contribution >= 0.6 is 0 Å². The first kappa shape index (κ1) is 11.2. The van der Waals surface area contributed by atoms with Crippen molar-refractivity contribution in [3.63, 3.8) is 0 Å². The zero-order chi connectivity index (χ0) is 12.1. The van der Waals surface area contributed by atoms with Gasteiger partial charge in [-0.1, -0.05) is 6.07 Å². The Hall–Kier alpha value is -2.86. The first-order valence-corrected chi connectivity index (χ1v) is 3.98. The lowest BCUT2D eigenvalue weighted by atomic mass is 10.1. The van der Waals surface area contributed by atoms with Crippen molar-refractivity contribution in [2.75, 3.05) is 0 Å². The number of hydrogen-bond donors (Lipinski definition) is 1. The Balaban J connectivity index is 3.54. The predicted octanol–water partition coefficient (Wildman–Crippen LogP) is 1.17. The van der Waals surface area contributed by atoms with Crippen molar-refractivity contribution in [3.05, 3.63) is 39.4 Å². The fourth-order valence-electron chi connectivity index (χ4n) is 1.09. The molecule has 0 radical (unpaired) electrons. The van der Waals surface area contributed by atoms with Gasteiger partial charge in [0.1, 0.15) is 5.56 Å². The maximum atomic E-state index is 10.8. The monoisotopic (exact) mass is 216 g/mol. The Kier molecular flexibility index (Phi) is 3.21. The molecule has 0 aliphatic heterocycles. The zero-order valence-electron chi connectivity index (χ0n) is 7.80. The number of nitro groups is 1. The van der Waals surface area contributed by atoms with Crippen LogP contribution in [-0.4, -0.2) is 16.0 Å². The average Bonchev–Trinajstić information content (AvgIpc) is 2.25. The second kappa shape index (κ2) is 4.58. The van der Waals surface area contributed by atoms with Crippen molar-refractivity contribution in [2.24, 2.45) is 0 Å². The molecule has 0 bridgehead atoms. The van der Waals surface area contributed by atoms with E-state index >= 15 is 0 Å². The van der Waals surface area contributed by atoms with E-state index in [1.165, 1.54) is 18.2 Å². The molecule has 1 N–H and O–H groups in total. The number of aromatic carboxylic acids is 1. The smallest absolute Gasteiger partial charge is 0.337 e. The third kappa shape index (κ3) is 2.14. The number of nitro benzene ring substituents is 1. The molecule has 6 heteroatoms. The SMILES string of the molecule is N#CC#Cc1c(C(=O)O)cccc1[N+](=O)[O-]. The van der Waals surface area contributed by atoms with Gasteiger partial charge in [-0.2, -0.15) is 5.26 Å². The fraction of sp³-hybridized carbons (Fsp3) is 0. The molecule has 0 fully saturated rings. The Labute approximate surface area is 89.9 Å². The summed E-state index contributed by atoms with van der Waals surface area (Å²) in [5.41, 5.74) is -0.985. The third-order valence-electron chi connectivity index (χ3n) is 1.71. The minimum atomic E-state index is -1.33. The normalized spacial score (nSPS) is 8.44. The molecule has 0 unspecified atom stereocenters. The van der Waals surface area contributed by atoms with E-state index < -0.39 is 16.6 Å². The van der Waals surface area contributed by atoms with Gasteiger partial charge in [0, 0.05) is 12.0 Å². The predicted molar refractivity (Wildman–Crippen MR) is 52.5 cm³/mol.